The van der Waals surface area contributed by atoms with Gasteiger partial charge in [-0.1, -0.05) is 122 Å². The molecule has 4 N–H and O–H groups in total. The molecular weight excluding hydrogens is 558 g/mol. The first-order valence-electron chi connectivity index (χ1n) is 15.3. The number of allylic oxidation sites excluding steroid dienone is 11. The second-order valence-corrected chi connectivity index (χ2v) is 10.9. The van der Waals surface area contributed by atoms with E-state index in [0.29, 0.717) is 0 Å². The van der Waals surface area contributed by atoms with Crippen molar-refractivity contribution >= 4 is 50.3 Å². The zero-order chi connectivity index (χ0) is 32.5. The number of anilines is 2. The highest BCUT2D eigenvalue weighted by molar-refractivity contribution is 6.10. The van der Waals surface area contributed by atoms with Gasteiger partial charge in [0.05, 0.1) is 5.69 Å². The summed E-state index contributed by atoms with van der Waals surface area (Å²) >= 11 is 0. The fourth-order valence-corrected chi connectivity index (χ4v) is 5.60. The summed E-state index contributed by atoms with van der Waals surface area (Å²) in [6, 6.07) is 34.0. The van der Waals surface area contributed by atoms with E-state index in [1.165, 1.54) is 6.21 Å². The molecule has 0 unspecified atom stereocenters. The van der Waals surface area contributed by atoms with E-state index in [4.69, 9.17) is 11.1 Å². The zero-order valence-corrected chi connectivity index (χ0v) is 26.4. The molecule has 0 aliphatic carbocycles. The summed E-state index contributed by atoms with van der Waals surface area (Å²) in [5.41, 5.74) is 16.0. The first-order chi connectivity index (χ1) is 22.5. The second-order valence-electron chi connectivity index (χ2n) is 10.9. The third kappa shape index (κ3) is 6.90. The van der Waals surface area contributed by atoms with Crippen LogP contribution >= 0.6 is 0 Å². The molecule has 0 radical (unpaired) electrons. The average molecular weight is 598 g/mol. The molecule has 3 heteroatoms. The van der Waals surface area contributed by atoms with E-state index >= 15 is 0 Å². The van der Waals surface area contributed by atoms with Gasteiger partial charge in [0, 0.05) is 29.1 Å². The van der Waals surface area contributed by atoms with Crippen molar-refractivity contribution in [2.75, 3.05) is 5.32 Å². The molecule has 3 nitrogen and oxygen atoms in total. The van der Waals surface area contributed by atoms with E-state index in [2.05, 4.69) is 103 Å². The first kappa shape index (κ1) is 31.5. The van der Waals surface area contributed by atoms with Gasteiger partial charge in [-0.2, -0.15) is 0 Å². The molecule has 0 spiro atoms. The van der Waals surface area contributed by atoms with E-state index in [-0.39, 0.29) is 0 Å². The normalized spacial score (nSPS) is 12.7. The third-order valence-corrected chi connectivity index (χ3v) is 8.00. The minimum absolute atomic E-state index is 0.834. The molecule has 5 rings (SSSR count). The van der Waals surface area contributed by atoms with Crippen molar-refractivity contribution in [3.63, 3.8) is 0 Å². The van der Waals surface area contributed by atoms with E-state index < -0.39 is 0 Å². The summed E-state index contributed by atoms with van der Waals surface area (Å²) in [4.78, 5) is 0. The number of benzene rings is 5. The van der Waals surface area contributed by atoms with E-state index in [9.17, 15) is 0 Å². The van der Waals surface area contributed by atoms with E-state index in [0.717, 1.165) is 77.5 Å². The van der Waals surface area contributed by atoms with Crippen LogP contribution in [0.5, 0.6) is 0 Å². The van der Waals surface area contributed by atoms with Crippen molar-refractivity contribution < 1.29 is 0 Å². The Bertz CT molecular complexity index is 2090. The van der Waals surface area contributed by atoms with Gasteiger partial charge >= 0.3 is 0 Å². The Morgan fingerprint density at radius 3 is 2.15 bits per heavy atom. The smallest absolute Gasteiger partial charge is 0.0543 e. The first-order valence-corrected chi connectivity index (χ1v) is 15.3. The molecule has 46 heavy (non-hydrogen) atoms. The summed E-state index contributed by atoms with van der Waals surface area (Å²) in [7, 11) is 0. The zero-order valence-electron chi connectivity index (χ0n) is 26.4. The summed E-state index contributed by atoms with van der Waals surface area (Å²) in [5.74, 6) is 0. The number of nitrogens with one attached hydrogen (secondary N) is 2. The van der Waals surface area contributed by atoms with Gasteiger partial charge in [-0.15, -0.1) is 0 Å². The molecular formula is C43H39N3. The van der Waals surface area contributed by atoms with Crippen LogP contribution in [0.25, 0.3) is 43.8 Å². The van der Waals surface area contributed by atoms with Crippen LogP contribution in [0.4, 0.5) is 11.4 Å². The van der Waals surface area contributed by atoms with Gasteiger partial charge in [-0.25, -0.2) is 0 Å². The number of para-hydroxylation sites is 1. The fourth-order valence-electron chi connectivity index (χ4n) is 5.60. The fraction of sp³-hybridized carbons (Fsp3) is 0.0465. The monoisotopic (exact) mass is 597 g/mol. The molecule has 0 saturated carbocycles. The summed E-state index contributed by atoms with van der Waals surface area (Å²) in [6.45, 7) is 12.2. The van der Waals surface area contributed by atoms with Crippen LogP contribution in [0.1, 0.15) is 25.0 Å². The molecule has 0 aliphatic rings. The van der Waals surface area contributed by atoms with E-state index in [1.807, 2.05) is 62.4 Å². The highest BCUT2D eigenvalue weighted by atomic mass is 14.9. The maximum Gasteiger partial charge on any atom is 0.0543 e. The molecule has 0 atom stereocenters. The number of nitrogens with two attached hydrogens (primary N) is 1. The number of hydrogen-bond acceptors (Lipinski definition) is 3. The molecule has 0 heterocycles. The van der Waals surface area contributed by atoms with Crippen LogP contribution in [0.15, 0.2) is 170 Å². The second kappa shape index (κ2) is 14.7. The van der Waals surface area contributed by atoms with Gasteiger partial charge in [-0.3, -0.25) is 0 Å². The minimum Gasteiger partial charge on any atom is -0.404 e. The standard InChI is InChI=1S/C43H39N3/c1-5-11-38(28-44)31(7-3)16-15-30(4)41-23-22-37-27-35(21-24-42(37)43(41)46-40-13-9-8-10-14-40)33-17-18-34-26-36(20-19-32(34)25-33)39(29-45)12-6-2/h5-29,45-46H,2,4,44H2,1,3H3/b11-5-,16-15-,31-7+,38-28+,39-12+,45-29?. The molecule has 0 fully saturated rings. The lowest BCUT2D eigenvalue weighted by Gasteiger charge is -2.17. The molecule has 0 amide bonds. The minimum atomic E-state index is 0.834. The number of hydrogen-bond donors (Lipinski definition) is 3. The predicted octanol–water partition coefficient (Wildman–Crippen LogP) is 11.6. The number of fused-ring (bicyclic) bond motifs is 2. The topological polar surface area (TPSA) is 61.9 Å². The molecule has 0 aliphatic heterocycles. The van der Waals surface area contributed by atoms with E-state index in [1.54, 1.807) is 12.3 Å². The number of rotatable bonds is 11. The lowest BCUT2D eigenvalue weighted by Crippen LogP contribution is -1.97. The van der Waals surface area contributed by atoms with Crippen LogP contribution in [0, 0.1) is 5.41 Å². The lowest BCUT2D eigenvalue weighted by atomic mass is 9.94. The van der Waals surface area contributed by atoms with Crippen LogP contribution in [-0.4, -0.2) is 6.21 Å². The molecule has 226 valence electrons. The van der Waals surface area contributed by atoms with Crippen molar-refractivity contribution in [2.45, 2.75) is 13.8 Å². The maximum atomic E-state index is 7.75. The van der Waals surface area contributed by atoms with Crippen LogP contribution in [0.3, 0.4) is 0 Å². The summed E-state index contributed by atoms with van der Waals surface area (Å²) in [6.07, 6.45) is 16.7. The molecule has 0 saturated heterocycles. The van der Waals surface area contributed by atoms with Crippen LogP contribution in [0.2, 0.25) is 0 Å². The molecule has 5 aromatic carbocycles. The Labute approximate surface area is 272 Å². The predicted molar refractivity (Wildman–Crippen MR) is 203 cm³/mol. The molecule has 0 bridgehead atoms. The highest BCUT2D eigenvalue weighted by Gasteiger charge is 2.12. The highest BCUT2D eigenvalue weighted by Crippen LogP contribution is 2.37. The van der Waals surface area contributed by atoms with Gasteiger partial charge < -0.3 is 16.5 Å². The maximum absolute atomic E-state index is 7.75. The summed E-state index contributed by atoms with van der Waals surface area (Å²) in [5, 5.41) is 16.0. The Hall–Kier alpha value is -5.93. The lowest BCUT2D eigenvalue weighted by molar-refractivity contribution is 1.43. The van der Waals surface area contributed by atoms with Gasteiger partial charge in [0.15, 0.2) is 0 Å². The van der Waals surface area contributed by atoms with Crippen molar-refractivity contribution in [3.8, 4) is 11.1 Å². The van der Waals surface area contributed by atoms with Crippen molar-refractivity contribution in [1.29, 1.82) is 5.41 Å². The van der Waals surface area contributed by atoms with Crippen LogP contribution in [-0.2, 0) is 0 Å². The average Bonchev–Trinajstić information content (AvgIpc) is 3.10. The van der Waals surface area contributed by atoms with Crippen molar-refractivity contribution in [3.05, 3.63) is 181 Å². The largest absolute Gasteiger partial charge is 0.404 e. The Morgan fingerprint density at radius 1 is 0.761 bits per heavy atom. The molecule has 5 aromatic rings. The van der Waals surface area contributed by atoms with Gasteiger partial charge in [0.25, 0.3) is 0 Å². The van der Waals surface area contributed by atoms with Crippen LogP contribution < -0.4 is 11.1 Å². The Kier molecular flexibility index (Phi) is 10.1. The quantitative estimate of drug-likeness (QED) is 0.105. The SMILES string of the molecule is C=C/C=C(\C=N)c1ccc2cc(-c3ccc4c(Nc5ccccc5)c(C(=C)\C=C/C(=C\C)C(/C=C\C)=C/N)ccc4c3)ccc2c1. The van der Waals surface area contributed by atoms with Gasteiger partial charge in [-0.05, 0) is 99.3 Å². The van der Waals surface area contributed by atoms with Gasteiger partial charge in [0.1, 0.15) is 0 Å². The van der Waals surface area contributed by atoms with Crippen molar-refractivity contribution in [2.24, 2.45) is 5.73 Å². The Balaban J connectivity index is 1.55. The summed E-state index contributed by atoms with van der Waals surface area (Å²) < 4.78 is 0. The van der Waals surface area contributed by atoms with Crippen molar-refractivity contribution in [1.82, 2.24) is 0 Å². The Morgan fingerprint density at radius 2 is 1.46 bits per heavy atom. The third-order valence-electron chi connectivity index (χ3n) is 8.00. The van der Waals surface area contributed by atoms with Gasteiger partial charge in [0.2, 0.25) is 0 Å². The molecule has 0 aromatic heterocycles.